The first-order chi connectivity index (χ1) is 8.90. The molecule has 1 fully saturated rings. The number of halogens is 3. The summed E-state index contributed by atoms with van der Waals surface area (Å²) in [5.41, 5.74) is 0. The van der Waals surface area contributed by atoms with E-state index in [4.69, 9.17) is 0 Å². The molecule has 0 bridgehead atoms. The van der Waals surface area contributed by atoms with Gasteiger partial charge in [-0.1, -0.05) is 0 Å². The first kappa shape index (κ1) is 14.8. The molecule has 2 N–H and O–H groups in total. The highest BCUT2D eigenvalue weighted by Crippen LogP contribution is 2.23. The number of nitrogens with one attached hydrogen (secondary N) is 2. The fraction of sp³-hybridized carbons (Fsp3) is 0.455. The van der Waals surface area contributed by atoms with E-state index < -0.39 is 26.6 Å². The van der Waals surface area contributed by atoms with Crippen LogP contribution in [0.25, 0.3) is 0 Å². The monoisotopic (exact) mass is 354 g/mol. The molecule has 106 valence electrons. The van der Waals surface area contributed by atoms with Crippen molar-refractivity contribution < 1.29 is 17.2 Å². The average Bonchev–Trinajstić information content (AvgIpc) is 2.84. The van der Waals surface area contributed by atoms with Gasteiger partial charge in [0, 0.05) is 12.6 Å². The predicted octanol–water partition coefficient (Wildman–Crippen LogP) is 1.62. The highest BCUT2D eigenvalue weighted by Gasteiger charge is 2.23. The van der Waals surface area contributed by atoms with Gasteiger partial charge >= 0.3 is 0 Å². The van der Waals surface area contributed by atoms with Crippen molar-refractivity contribution in [3.05, 3.63) is 28.2 Å². The summed E-state index contributed by atoms with van der Waals surface area (Å²) in [6.07, 6.45) is 0.873. The lowest BCUT2D eigenvalue weighted by Gasteiger charge is -2.11. The zero-order valence-corrected chi connectivity index (χ0v) is 12.3. The van der Waals surface area contributed by atoms with Crippen molar-refractivity contribution in [2.45, 2.75) is 11.3 Å². The summed E-state index contributed by atoms with van der Waals surface area (Å²) in [4.78, 5) is -0.549. The third-order valence-electron chi connectivity index (χ3n) is 2.99. The summed E-state index contributed by atoms with van der Waals surface area (Å²) >= 11 is 2.85. The van der Waals surface area contributed by atoms with E-state index in [1.54, 1.807) is 0 Å². The van der Waals surface area contributed by atoms with Gasteiger partial charge in [0.2, 0.25) is 10.0 Å². The van der Waals surface area contributed by atoms with Gasteiger partial charge in [-0.25, -0.2) is 21.9 Å². The molecule has 1 aliphatic heterocycles. The van der Waals surface area contributed by atoms with Gasteiger partial charge in [-0.2, -0.15) is 0 Å². The Kier molecular flexibility index (Phi) is 4.54. The number of hydrogen-bond acceptors (Lipinski definition) is 3. The summed E-state index contributed by atoms with van der Waals surface area (Å²) < 4.78 is 52.8. The molecule has 0 radical (unpaired) electrons. The van der Waals surface area contributed by atoms with Gasteiger partial charge in [0.05, 0.1) is 4.47 Å². The van der Waals surface area contributed by atoms with Crippen LogP contribution >= 0.6 is 15.9 Å². The lowest BCUT2D eigenvalue weighted by molar-refractivity contribution is 0.523. The van der Waals surface area contributed by atoms with Crippen LogP contribution in [0.15, 0.2) is 21.5 Å². The van der Waals surface area contributed by atoms with E-state index in [1.807, 2.05) is 0 Å². The van der Waals surface area contributed by atoms with Crippen LogP contribution in [0, 0.1) is 17.6 Å². The molecular weight excluding hydrogens is 342 g/mol. The predicted molar refractivity (Wildman–Crippen MR) is 70.2 cm³/mol. The zero-order chi connectivity index (χ0) is 14.0. The molecule has 4 nitrogen and oxygen atoms in total. The van der Waals surface area contributed by atoms with Gasteiger partial charge in [0.15, 0.2) is 0 Å². The fourth-order valence-electron chi connectivity index (χ4n) is 1.90. The van der Waals surface area contributed by atoms with Crippen LogP contribution in [0.1, 0.15) is 6.42 Å². The molecule has 1 aromatic rings. The van der Waals surface area contributed by atoms with Crippen LogP contribution in [-0.2, 0) is 10.0 Å². The molecule has 1 unspecified atom stereocenters. The Morgan fingerprint density at radius 1 is 1.37 bits per heavy atom. The molecule has 0 amide bonds. The maximum atomic E-state index is 13.5. The van der Waals surface area contributed by atoms with Crippen molar-refractivity contribution in [1.29, 1.82) is 0 Å². The van der Waals surface area contributed by atoms with Gasteiger partial charge in [0.1, 0.15) is 16.5 Å². The first-order valence-corrected chi connectivity index (χ1v) is 8.02. The molecule has 0 aliphatic carbocycles. The van der Waals surface area contributed by atoms with Gasteiger partial charge in [-0.3, -0.25) is 0 Å². The standard InChI is InChI=1S/C11H13BrF2N2O2S/c12-8-3-11(10(14)4-9(8)13)19(17,18)16-6-7-1-2-15-5-7/h3-4,7,15-16H,1-2,5-6H2. The van der Waals surface area contributed by atoms with Crippen molar-refractivity contribution in [2.75, 3.05) is 19.6 Å². The Bertz CT molecular complexity index is 574. The van der Waals surface area contributed by atoms with Crippen LogP contribution in [0.5, 0.6) is 0 Å². The van der Waals surface area contributed by atoms with E-state index in [9.17, 15) is 17.2 Å². The molecule has 19 heavy (non-hydrogen) atoms. The summed E-state index contributed by atoms with van der Waals surface area (Å²) in [5, 5.41) is 3.11. The van der Waals surface area contributed by atoms with Crippen LogP contribution in [0.2, 0.25) is 0 Å². The van der Waals surface area contributed by atoms with Crippen molar-refractivity contribution in [2.24, 2.45) is 5.92 Å². The van der Waals surface area contributed by atoms with E-state index in [-0.39, 0.29) is 16.9 Å². The molecule has 1 heterocycles. The van der Waals surface area contributed by atoms with E-state index in [2.05, 4.69) is 26.0 Å². The minimum Gasteiger partial charge on any atom is -0.316 e. The summed E-state index contributed by atoms with van der Waals surface area (Å²) in [6, 6.07) is 1.48. The van der Waals surface area contributed by atoms with E-state index in [0.717, 1.165) is 25.6 Å². The molecule has 1 saturated heterocycles. The second kappa shape index (κ2) is 5.82. The molecule has 1 atom stereocenters. The van der Waals surface area contributed by atoms with E-state index in [0.29, 0.717) is 6.07 Å². The van der Waals surface area contributed by atoms with E-state index >= 15 is 0 Å². The Balaban J connectivity index is 2.16. The molecule has 2 rings (SSSR count). The Labute approximate surface area is 118 Å². The van der Waals surface area contributed by atoms with Crippen LogP contribution in [-0.4, -0.2) is 28.1 Å². The van der Waals surface area contributed by atoms with Crippen molar-refractivity contribution in [3.63, 3.8) is 0 Å². The summed E-state index contributed by atoms with van der Waals surface area (Å²) in [6.45, 7) is 1.82. The Hall–Kier alpha value is -0.570. The summed E-state index contributed by atoms with van der Waals surface area (Å²) in [7, 11) is -3.97. The second-order valence-electron chi connectivity index (χ2n) is 4.41. The summed E-state index contributed by atoms with van der Waals surface area (Å²) in [5.74, 6) is -1.74. The smallest absolute Gasteiger partial charge is 0.243 e. The molecule has 1 aliphatic rings. The second-order valence-corrected chi connectivity index (χ2v) is 7.00. The topological polar surface area (TPSA) is 58.2 Å². The largest absolute Gasteiger partial charge is 0.316 e. The lowest BCUT2D eigenvalue weighted by atomic mass is 10.1. The highest BCUT2D eigenvalue weighted by atomic mass is 79.9. The van der Waals surface area contributed by atoms with Crippen LogP contribution < -0.4 is 10.0 Å². The Morgan fingerprint density at radius 3 is 2.74 bits per heavy atom. The molecular formula is C11H13BrF2N2O2S. The van der Waals surface area contributed by atoms with Crippen molar-refractivity contribution in [1.82, 2.24) is 10.0 Å². The fourth-order valence-corrected chi connectivity index (χ4v) is 3.60. The third kappa shape index (κ3) is 3.50. The minimum absolute atomic E-state index is 0.0863. The molecule has 0 aromatic heterocycles. The lowest BCUT2D eigenvalue weighted by Crippen LogP contribution is -2.31. The Morgan fingerprint density at radius 2 is 2.11 bits per heavy atom. The molecule has 0 saturated carbocycles. The van der Waals surface area contributed by atoms with Crippen LogP contribution in [0.3, 0.4) is 0 Å². The molecule has 0 spiro atoms. The maximum Gasteiger partial charge on any atom is 0.243 e. The SMILES string of the molecule is O=S(=O)(NCC1CCNC1)c1cc(Br)c(F)cc1F. The maximum absolute atomic E-state index is 13.5. The van der Waals surface area contributed by atoms with Crippen LogP contribution in [0.4, 0.5) is 8.78 Å². The van der Waals surface area contributed by atoms with E-state index in [1.165, 1.54) is 0 Å². The molecule has 8 heteroatoms. The quantitative estimate of drug-likeness (QED) is 0.807. The third-order valence-corrected chi connectivity index (χ3v) is 5.04. The molecule has 1 aromatic carbocycles. The van der Waals surface area contributed by atoms with Gasteiger partial charge < -0.3 is 5.32 Å². The van der Waals surface area contributed by atoms with Crippen molar-refractivity contribution in [3.8, 4) is 0 Å². The normalized spacial score (nSPS) is 19.8. The average molecular weight is 355 g/mol. The first-order valence-electron chi connectivity index (χ1n) is 5.75. The van der Waals surface area contributed by atoms with Gasteiger partial charge in [-0.05, 0) is 47.4 Å². The minimum atomic E-state index is -3.97. The van der Waals surface area contributed by atoms with Gasteiger partial charge in [-0.15, -0.1) is 0 Å². The number of sulfonamides is 1. The highest BCUT2D eigenvalue weighted by molar-refractivity contribution is 9.10. The van der Waals surface area contributed by atoms with Crippen molar-refractivity contribution >= 4 is 26.0 Å². The number of hydrogen-bond donors (Lipinski definition) is 2. The number of rotatable bonds is 4. The number of benzene rings is 1. The van der Waals surface area contributed by atoms with Gasteiger partial charge in [0.25, 0.3) is 0 Å². The zero-order valence-electron chi connectivity index (χ0n) is 9.92.